The molecule has 0 aliphatic carbocycles. The lowest BCUT2D eigenvalue weighted by molar-refractivity contribution is -0.140. The Morgan fingerprint density at radius 3 is 2.09 bits per heavy atom. The Balaban J connectivity index is 1.80. The number of carbonyl (C=O) groups is 2. The van der Waals surface area contributed by atoms with Crippen LogP contribution in [0.25, 0.3) is 0 Å². The van der Waals surface area contributed by atoms with Crippen LogP contribution in [0.3, 0.4) is 0 Å². The summed E-state index contributed by atoms with van der Waals surface area (Å²) in [5.41, 5.74) is 2.51. The summed E-state index contributed by atoms with van der Waals surface area (Å²) in [6.07, 6.45) is 0.881. The summed E-state index contributed by atoms with van der Waals surface area (Å²) >= 11 is 6.13. The lowest BCUT2D eigenvalue weighted by Gasteiger charge is -2.34. The summed E-state index contributed by atoms with van der Waals surface area (Å²) in [5.74, 6) is -1.51. The molecule has 4 rings (SSSR count). The molecule has 10 heteroatoms. The number of hydrogen-bond donors (Lipinski definition) is 1. The number of rotatable bonds is 13. The zero-order valence-electron chi connectivity index (χ0n) is 25.5. The average molecular weight is 650 g/mol. The van der Waals surface area contributed by atoms with Gasteiger partial charge in [0, 0.05) is 24.0 Å². The normalized spacial score (nSPS) is 12.6. The van der Waals surface area contributed by atoms with Crippen LogP contribution < -0.4 is 9.62 Å². The Morgan fingerprint density at radius 1 is 0.867 bits per heavy atom. The molecule has 236 valence electrons. The van der Waals surface area contributed by atoms with Crippen molar-refractivity contribution < 1.29 is 22.4 Å². The third kappa shape index (κ3) is 8.93. The molecule has 0 saturated carbocycles. The Bertz CT molecular complexity index is 1680. The van der Waals surface area contributed by atoms with E-state index in [1.165, 1.54) is 29.2 Å². The highest BCUT2D eigenvalue weighted by Gasteiger charge is 2.35. The van der Waals surface area contributed by atoms with Crippen molar-refractivity contribution in [3.8, 4) is 0 Å². The number of aryl methyl sites for hydroxylation is 1. The van der Waals surface area contributed by atoms with Crippen LogP contribution in [0.2, 0.25) is 5.02 Å². The number of anilines is 1. The van der Waals surface area contributed by atoms with E-state index in [-0.39, 0.29) is 35.5 Å². The Hall–Kier alpha value is -4.21. The van der Waals surface area contributed by atoms with E-state index in [1.807, 2.05) is 51.1 Å². The number of halogens is 2. The van der Waals surface area contributed by atoms with Gasteiger partial charge in [0.15, 0.2) is 0 Å². The molecular formula is C35H37ClFN3O4S. The Morgan fingerprint density at radius 2 is 1.49 bits per heavy atom. The molecule has 0 saturated heterocycles. The monoisotopic (exact) mass is 649 g/mol. The third-order valence-electron chi connectivity index (χ3n) is 7.54. The smallest absolute Gasteiger partial charge is 0.264 e. The van der Waals surface area contributed by atoms with Gasteiger partial charge in [0.1, 0.15) is 18.4 Å². The van der Waals surface area contributed by atoms with Crippen LogP contribution in [0.4, 0.5) is 10.1 Å². The highest BCUT2D eigenvalue weighted by Crippen LogP contribution is 2.26. The summed E-state index contributed by atoms with van der Waals surface area (Å²) in [5, 5.41) is 3.52. The fourth-order valence-corrected chi connectivity index (χ4v) is 6.30. The van der Waals surface area contributed by atoms with Gasteiger partial charge in [-0.05, 0) is 79.9 Å². The van der Waals surface area contributed by atoms with Gasteiger partial charge < -0.3 is 10.2 Å². The van der Waals surface area contributed by atoms with Crippen LogP contribution in [-0.2, 0) is 32.6 Å². The number of sulfonamides is 1. The van der Waals surface area contributed by atoms with E-state index in [2.05, 4.69) is 5.32 Å². The molecule has 2 atom stereocenters. The Kier molecular flexibility index (Phi) is 11.4. The van der Waals surface area contributed by atoms with Gasteiger partial charge in [0.05, 0.1) is 10.6 Å². The maximum Gasteiger partial charge on any atom is 0.264 e. The topological polar surface area (TPSA) is 86.8 Å². The van der Waals surface area contributed by atoms with Crippen LogP contribution in [0.5, 0.6) is 0 Å². The van der Waals surface area contributed by atoms with Crippen molar-refractivity contribution in [3.63, 3.8) is 0 Å². The van der Waals surface area contributed by atoms with E-state index < -0.39 is 34.3 Å². The number of hydrogen-bond acceptors (Lipinski definition) is 4. The molecule has 0 fully saturated rings. The van der Waals surface area contributed by atoms with Gasteiger partial charge in [-0.15, -0.1) is 0 Å². The van der Waals surface area contributed by atoms with E-state index >= 15 is 0 Å². The average Bonchev–Trinajstić information content (AvgIpc) is 3.03. The van der Waals surface area contributed by atoms with Crippen LogP contribution in [0.1, 0.15) is 37.0 Å². The minimum Gasteiger partial charge on any atom is -0.352 e. The lowest BCUT2D eigenvalue weighted by atomic mass is 10.0. The van der Waals surface area contributed by atoms with E-state index in [1.54, 1.807) is 36.4 Å². The van der Waals surface area contributed by atoms with Crippen LogP contribution >= 0.6 is 11.6 Å². The second-order valence-corrected chi connectivity index (χ2v) is 13.3. The number of carbonyl (C=O) groups excluding carboxylic acids is 2. The lowest BCUT2D eigenvalue weighted by Crippen LogP contribution is -2.54. The molecule has 0 bridgehead atoms. The summed E-state index contributed by atoms with van der Waals surface area (Å²) in [4.78, 5) is 29.7. The van der Waals surface area contributed by atoms with Crippen molar-refractivity contribution in [1.29, 1.82) is 0 Å². The third-order valence-corrected chi connectivity index (χ3v) is 9.58. The molecule has 0 unspecified atom stereocenters. The molecule has 1 N–H and O–H groups in total. The molecule has 4 aromatic carbocycles. The first-order valence-corrected chi connectivity index (χ1v) is 16.5. The summed E-state index contributed by atoms with van der Waals surface area (Å²) in [6, 6.07) is 26.3. The van der Waals surface area contributed by atoms with Crippen molar-refractivity contribution in [3.05, 3.63) is 131 Å². The first kappa shape index (κ1) is 33.7. The van der Waals surface area contributed by atoms with Crippen molar-refractivity contribution in [2.24, 2.45) is 0 Å². The highest BCUT2D eigenvalue weighted by atomic mass is 35.5. The van der Waals surface area contributed by atoms with Gasteiger partial charge >= 0.3 is 0 Å². The second kappa shape index (κ2) is 15.2. The van der Waals surface area contributed by atoms with Crippen LogP contribution in [-0.4, -0.2) is 43.8 Å². The molecule has 7 nitrogen and oxygen atoms in total. The van der Waals surface area contributed by atoms with Crippen LogP contribution in [0, 0.1) is 12.7 Å². The van der Waals surface area contributed by atoms with Crippen molar-refractivity contribution in [2.75, 3.05) is 10.8 Å². The van der Waals surface area contributed by atoms with Crippen molar-refractivity contribution in [1.82, 2.24) is 10.2 Å². The highest BCUT2D eigenvalue weighted by molar-refractivity contribution is 7.92. The summed E-state index contributed by atoms with van der Waals surface area (Å²) in [7, 11) is -4.27. The van der Waals surface area contributed by atoms with Crippen molar-refractivity contribution >= 4 is 39.1 Å². The van der Waals surface area contributed by atoms with Gasteiger partial charge in [-0.1, -0.05) is 78.7 Å². The molecule has 0 aromatic heterocycles. The fourth-order valence-electron chi connectivity index (χ4n) is 4.76. The van der Waals surface area contributed by atoms with Gasteiger partial charge in [-0.25, -0.2) is 12.8 Å². The minimum atomic E-state index is -4.27. The van der Waals surface area contributed by atoms with E-state index in [0.29, 0.717) is 17.0 Å². The SMILES string of the molecule is CC[C@@H](C)NC(=O)[C@H](Cc1ccccc1)N(Cc1ccc(Cl)cc1)C(=O)CN(c1ccc(F)cc1)S(=O)(=O)c1ccc(C)cc1. The first-order valence-electron chi connectivity index (χ1n) is 14.7. The zero-order chi connectivity index (χ0) is 32.6. The molecule has 4 aromatic rings. The van der Waals surface area contributed by atoms with Gasteiger partial charge in [-0.2, -0.15) is 0 Å². The predicted molar refractivity (Wildman–Crippen MR) is 176 cm³/mol. The number of nitrogens with zero attached hydrogens (tertiary/aromatic N) is 2. The maximum absolute atomic E-state index is 14.4. The quantitative estimate of drug-likeness (QED) is 0.178. The Labute approximate surface area is 269 Å². The first-order chi connectivity index (χ1) is 21.5. The number of amides is 2. The van der Waals surface area contributed by atoms with Gasteiger partial charge in [0.25, 0.3) is 10.0 Å². The fraction of sp³-hybridized carbons (Fsp3) is 0.257. The molecule has 0 aliphatic heterocycles. The molecule has 0 spiro atoms. The van der Waals surface area contributed by atoms with Gasteiger partial charge in [0.2, 0.25) is 11.8 Å². The van der Waals surface area contributed by atoms with Gasteiger partial charge in [-0.3, -0.25) is 13.9 Å². The standard InChI is InChI=1S/C35H37ClFN3O4S/c1-4-26(3)38-35(42)33(22-27-8-6-5-7-9-27)39(23-28-12-14-29(36)15-13-28)34(41)24-40(31-18-16-30(37)17-19-31)45(43,44)32-20-10-25(2)11-21-32/h5-21,26,33H,4,22-24H2,1-3H3,(H,38,42)/t26-,33+/m1/s1. The molecule has 0 radical (unpaired) electrons. The molecule has 0 heterocycles. The molecular weight excluding hydrogens is 613 g/mol. The molecule has 45 heavy (non-hydrogen) atoms. The number of nitrogens with one attached hydrogen (secondary N) is 1. The second-order valence-electron chi connectivity index (χ2n) is 11.0. The molecule has 0 aliphatic rings. The van der Waals surface area contributed by atoms with Crippen molar-refractivity contribution in [2.45, 2.75) is 57.1 Å². The summed E-state index contributed by atoms with van der Waals surface area (Å²) < 4.78 is 42.9. The summed E-state index contributed by atoms with van der Waals surface area (Å²) in [6.45, 7) is 5.06. The zero-order valence-corrected chi connectivity index (χ0v) is 27.1. The molecule has 2 amide bonds. The minimum absolute atomic E-state index is 0.0171. The van der Waals surface area contributed by atoms with Crippen LogP contribution in [0.15, 0.2) is 108 Å². The predicted octanol–water partition coefficient (Wildman–Crippen LogP) is 6.54. The van der Waals surface area contributed by atoms with E-state index in [0.717, 1.165) is 27.6 Å². The van der Waals surface area contributed by atoms with E-state index in [4.69, 9.17) is 11.6 Å². The largest absolute Gasteiger partial charge is 0.352 e. The van der Waals surface area contributed by atoms with E-state index in [9.17, 15) is 22.4 Å². The number of benzene rings is 4. The maximum atomic E-state index is 14.4.